The summed E-state index contributed by atoms with van der Waals surface area (Å²) in [5, 5.41) is 7.86. The van der Waals surface area contributed by atoms with Crippen LogP contribution >= 0.6 is 11.8 Å². The largest absolute Gasteiger partial charge is 0.353 e. The SMILES string of the molecule is O=C(CSC1=NNC2C(=O)N(Cc3ccc(F)cc3)C=CN12)NC1CCCC1. The second-order valence-electron chi connectivity index (χ2n) is 7.06. The number of amidine groups is 1. The van der Waals surface area contributed by atoms with Crippen molar-refractivity contribution >= 4 is 28.7 Å². The van der Waals surface area contributed by atoms with E-state index in [4.69, 9.17) is 0 Å². The molecular formula is C19H22FN5O2S. The average Bonchev–Trinajstić information content (AvgIpc) is 3.34. The zero-order valence-corrected chi connectivity index (χ0v) is 16.1. The fourth-order valence-corrected chi connectivity index (χ4v) is 4.32. The lowest BCUT2D eigenvalue weighted by Crippen LogP contribution is -2.51. The minimum Gasteiger partial charge on any atom is -0.353 e. The van der Waals surface area contributed by atoms with Gasteiger partial charge in [0.2, 0.25) is 12.1 Å². The number of hydrogen-bond donors (Lipinski definition) is 2. The van der Waals surface area contributed by atoms with Gasteiger partial charge < -0.3 is 10.2 Å². The molecule has 1 unspecified atom stereocenters. The van der Waals surface area contributed by atoms with Crippen LogP contribution in [0.1, 0.15) is 31.2 Å². The van der Waals surface area contributed by atoms with E-state index in [2.05, 4.69) is 15.8 Å². The summed E-state index contributed by atoms with van der Waals surface area (Å²) >= 11 is 1.31. The Bertz CT molecular complexity index is 807. The second kappa shape index (κ2) is 8.22. The number of benzene rings is 1. The van der Waals surface area contributed by atoms with Gasteiger partial charge in [-0.05, 0) is 30.5 Å². The number of fused-ring (bicyclic) bond motifs is 1. The van der Waals surface area contributed by atoms with Crippen molar-refractivity contribution in [2.24, 2.45) is 5.10 Å². The van der Waals surface area contributed by atoms with Crippen LogP contribution in [0, 0.1) is 5.82 Å². The standard InChI is InChI=1S/C19H22FN5O2S/c20-14-7-5-13(6-8-14)11-24-9-10-25-17(18(24)27)22-23-19(25)28-12-16(26)21-15-3-1-2-4-15/h5-10,15,17,22H,1-4,11-12H2,(H,21,26). The molecule has 7 nitrogen and oxygen atoms in total. The highest BCUT2D eigenvalue weighted by molar-refractivity contribution is 8.14. The number of hydrogen-bond acceptors (Lipinski definition) is 6. The summed E-state index contributed by atoms with van der Waals surface area (Å²) in [5.74, 6) is -0.198. The zero-order valence-electron chi connectivity index (χ0n) is 15.3. The van der Waals surface area contributed by atoms with Crippen LogP contribution in [0.15, 0.2) is 41.8 Å². The normalized spacial score (nSPS) is 21.5. The van der Waals surface area contributed by atoms with E-state index in [1.807, 2.05) is 0 Å². The molecule has 28 heavy (non-hydrogen) atoms. The van der Waals surface area contributed by atoms with Gasteiger partial charge in [-0.3, -0.25) is 19.9 Å². The molecule has 0 radical (unpaired) electrons. The molecule has 148 valence electrons. The number of rotatable bonds is 5. The first-order valence-electron chi connectivity index (χ1n) is 9.37. The van der Waals surface area contributed by atoms with E-state index < -0.39 is 6.17 Å². The van der Waals surface area contributed by atoms with Crippen LogP contribution in [0.5, 0.6) is 0 Å². The molecule has 1 aromatic carbocycles. The Hall–Kier alpha value is -2.55. The highest BCUT2D eigenvalue weighted by atomic mass is 32.2. The van der Waals surface area contributed by atoms with E-state index in [0.717, 1.165) is 18.4 Å². The van der Waals surface area contributed by atoms with Gasteiger partial charge in [-0.1, -0.05) is 36.7 Å². The van der Waals surface area contributed by atoms with Crippen molar-refractivity contribution < 1.29 is 14.0 Å². The molecule has 4 rings (SSSR count). The molecule has 0 saturated heterocycles. The average molecular weight is 403 g/mol. The first-order valence-corrected chi connectivity index (χ1v) is 10.4. The third kappa shape index (κ3) is 4.14. The first kappa shape index (κ1) is 18.8. The maximum absolute atomic E-state index is 13.0. The fourth-order valence-electron chi connectivity index (χ4n) is 3.55. The van der Waals surface area contributed by atoms with Gasteiger partial charge in [-0.2, -0.15) is 5.10 Å². The smallest absolute Gasteiger partial charge is 0.272 e. The summed E-state index contributed by atoms with van der Waals surface area (Å²) in [6.45, 7) is 0.355. The molecule has 2 N–H and O–H groups in total. The number of amides is 2. The predicted molar refractivity (Wildman–Crippen MR) is 105 cm³/mol. The van der Waals surface area contributed by atoms with Crippen molar-refractivity contribution in [3.05, 3.63) is 48.0 Å². The van der Waals surface area contributed by atoms with Gasteiger partial charge in [0.25, 0.3) is 5.91 Å². The minimum absolute atomic E-state index is 0.00620. The monoisotopic (exact) mass is 403 g/mol. The predicted octanol–water partition coefficient (Wildman–Crippen LogP) is 1.93. The quantitative estimate of drug-likeness (QED) is 0.786. The van der Waals surface area contributed by atoms with Crippen LogP contribution < -0.4 is 10.7 Å². The fraction of sp³-hybridized carbons (Fsp3) is 0.421. The molecule has 2 heterocycles. The van der Waals surface area contributed by atoms with Gasteiger partial charge in [-0.25, -0.2) is 4.39 Å². The molecule has 0 spiro atoms. The number of halogens is 1. The van der Waals surface area contributed by atoms with E-state index in [1.54, 1.807) is 34.3 Å². The highest BCUT2D eigenvalue weighted by Crippen LogP contribution is 2.23. The summed E-state index contributed by atoms with van der Waals surface area (Å²) in [6, 6.07) is 6.36. The van der Waals surface area contributed by atoms with Crippen molar-refractivity contribution in [2.75, 3.05) is 5.75 Å². The van der Waals surface area contributed by atoms with Crippen LogP contribution in [0.2, 0.25) is 0 Å². The second-order valence-corrected chi connectivity index (χ2v) is 8.00. The van der Waals surface area contributed by atoms with Crippen molar-refractivity contribution in [2.45, 2.75) is 44.4 Å². The van der Waals surface area contributed by atoms with Gasteiger partial charge in [0, 0.05) is 18.4 Å². The summed E-state index contributed by atoms with van der Waals surface area (Å²) in [5.41, 5.74) is 3.68. The Balaban J connectivity index is 1.32. The van der Waals surface area contributed by atoms with E-state index in [0.29, 0.717) is 17.8 Å². The van der Waals surface area contributed by atoms with Crippen molar-refractivity contribution in [3.8, 4) is 0 Å². The summed E-state index contributed by atoms with van der Waals surface area (Å²) in [7, 11) is 0. The molecule has 2 amide bonds. The van der Waals surface area contributed by atoms with Crippen LogP contribution in [-0.2, 0) is 16.1 Å². The first-order chi connectivity index (χ1) is 13.6. The number of carbonyl (C=O) groups is 2. The molecule has 1 fully saturated rings. The Morgan fingerprint density at radius 2 is 2.00 bits per heavy atom. The highest BCUT2D eigenvalue weighted by Gasteiger charge is 2.37. The topological polar surface area (TPSA) is 77.0 Å². The van der Waals surface area contributed by atoms with E-state index in [9.17, 15) is 14.0 Å². The van der Waals surface area contributed by atoms with Crippen LogP contribution in [0.4, 0.5) is 4.39 Å². The minimum atomic E-state index is -0.620. The lowest BCUT2D eigenvalue weighted by molar-refractivity contribution is -0.134. The maximum Gasteiger partial charge on any atom is 0.272 e. The molecular weight excluding hydrogens is 381 g/mol. The molecule has 3 aliphatic rings. The lowest BCUT2D eigenvalue weighted by Gasteiger charge is -2.32. The third-order valence-corrected chi connectivity index (χ3v) is 5.99. The molecule has 1 atom stereocenters. The van der Waals surface area contributed by atoms with Crippen molar-refractivity contribution in [1.29, 1.82) is 0 Å². The van der Waals surface area contributed by atoms with E-state index >= 15 is 0 Å². The zero-order chi connectivity index (χ0) is 19.5. The molecule has 2 aliphatic heterocycles. The molecule has 0 bridgehead atoms. The number of nitrogens with zero attached hydrogens (tertiary/aromatic N) is 3. The summed E-state index contributed by atoms with van der Waals surface area (Å²) in [6.07, 6.45) is 7.28. The number of thioether (sulfide) groups is 1. The summed E-state index contributed by atoms with van der Waals surface area (Å²) in [4.78, 5) is 28.1. The van der Waals surface area contributed by atoms with Gasteiger partial charge >= 0.3 is 0 Å². The lowest BCUT2D eigenvalue weighted by atomic mass is 10.2. The molecule has 1 saturated carbocycles. The molecule has 1 aromatic rings. The van der Waals surface area contributed by atoms with Crippen LogP contribution in [0.25, 0.3) is 0 Å². The molecule has 1 aliphatic carbocycles. The Labute approximate surface area is 167 Å². The van der Waals surface area contributed by atoms with Gasteiger partial charge in [-0.15, -0.1) is 0 Å². The summed E-state index contributed by atoms with van der Waals surface area (Å²) < 4.78 is 13.0. The van der Waals surface area contributed by atoms with Gasteiger partial charge in [0.1, 0.15) is 5.82 Å². The van der Waals surface area contributed by atoms with Gasteiger partial charge in [0.05, 0.1) is 12.3 Å². The molecule has 9 heteroatoms. The Kier molecular flexibility index (Phi) is 5.52. The van der Waals surface area contributed by atoms with E-state index in [1.165, 1.54) is 36.7 Å². The van der Waals surface area contributed by atoms with Crippen molar-refractivity contribution in [1.82, 2.24) is 20.5 Å². The van der Waals surface area contributed by atoms with E-state index in [-0.39, 0.29) is 23.4 Å². The Morgan fingerprint density at radius 1 is 1.25 bits per heavy atom. The van der Waals surface area contributed by atoms with Gasteiger partial charge in [0.15, 0.2) is 5.17 Å². The van der Waals surface area contributed by atoms with Crippen LogP contribution in [-0.4, -0.2) is 44.7 Å². The Morgan fingerprint density at radius 3 is 2.75 bits per heavy atom. The third-order valence-electron chi connectivity index (χ3n) is 5.02. The van der Waals surface area contributed by atoms with Crippen LogP contribution in [0.3, 0.4) is 0 Å². The number of hydrazone groups is 1. The number of carbonyl (C=O) groups excluding carboxylic acids is 2. The number of nitrogens with one attached hydrogen (secondary N) is 2. The van der Waals surface area contributed by atoms with Crippen molar-refractivity contribution in [3.63, 3.8) is 0 Å². The maximum atomic E-state index is 13.0. The molecule has 0 aromatic heterocycles.